The summed E-state index contributed by atoms with van der Waals surface area (Å²) in [6, 6.07) is 17.6. The summed E-state index contributed by atoms with van der Waals surface area (Å²) in [5.74, 6) is -0.0572. The zero-order chi connectivity index (χ0) is 22.2. The number of para-hydroxylation sites is 2. The molecule has 0 fully saturated rings. The molecule has 2 amide bonds. The Morgan fingerprint density at radius 3 is 2.56 bits per heavy atom. The van der Waals surface area contributed by atoms with Gasteiger partial charge in [0.15, 0.2) is 5.17 Å². The number of hydrogen-bond donors (Lipinski definition) is 3. The number of aromatic nitrogens is 2. The van der Waals surface area contributed by atoms with Crippen molar-refractivity contribution in [3.05, 3.63) is 72.6 Å². The first kappa shape index (κ1) is 20.1. The SMILES string of the molecule is N=C(N)SCCCn1cc(C2=C(n3ccc4ccccc43)C(=O)NC2=O)c2ccccc21. The molecule has 0 aliphatic carbocycles. The maximum atomic E-state index is 13.0. The van der Waals surface area contributed by atoms with Crippen molar-refractivity contribution in [2.24, 2.45) is 5.73 Å². The molecule has 5 rings (SSSR count). The van der Waals surface area contributed by atoms with Crippen molar-refractivity contribution in [3.63, 3.8) is 0 Å². The van der Waals surface area contributed by atoms with E-state index in [4.69, 9.17) is 11.1 Å². The molecule has 32 heavy (non-hydrogen) atoms. The van der Waals surface area contributed by atoms with Gasteiger partial charge in [0, 0.05) is 41.2 Å². The Balaban J connectivity index is 1.65. The monoisotopic (exact) mass is 443 g/mol. The van der Waals surface area contributed by atoms with Crippen LogP contribution in [0.4, 0.5) is 0 Å². The number of amidine groups is 1. The molecule has 0 spiro atoms. The molecule has 160 valence electrons. The Bertz CT molecular complexity index is 1430. The van der Waals surface area contributed by atoms with Crippen molar-refractivity contribution in [2.45, 2.75) is 13.0 Å². The van der Waals surface area contributed by atoms with Gasteiger partial charge in [-0.25, -0.2) is 0 Å². The average Bonchev–Trinajstić information content (AvgIpc) is 3.44. The maximum Gasteiger partial charge on any atom is 0.275 e. The molecule has 0 unspecified atom stereocenters. The topological polar surface area (TPSA) is 106 Å². The van der Waals surface area contributed by atoms with Gasteiger partial charge in [-0.05, 0) is 30.0 Å². The van der Waals surface area contributed by atoms with Crippen LogP contribution in [0.1, 0.15) is 12.0 Å². The number of carbonyl (C=O) groups is 2. The highest BCUT2D eigenvalue weighted by atomic mass is 32.2. The minimum Gasteiger partial charge on any atom is -0.379 e. The highest BCUT2D eigenvalue weighted by Crippen LogP contribution is 2.35. The number of aryl methyl sites for hydroxylation is 1. The number of carbonyl (C=O) groups excluding carboxylic acids is 2. The summed E-state index contributed by atoms with van der Waals surface area (Å²) < 4.78 is 3.89. The van der Waals surface area contributed by atoms with Crippen molar-refractivity contribution in [3.8, 4) is 0 Å². The van der Waals surface area contributed by atoms with E-state index >= 15 is 0 Å². The number of nitrogens with two attached hydrogens (primary N) is 1. The molecule has 0 radical (unpaired) electrons. The predicted octanol–water partition coefficient (Wildman–Crippen LogP) is 3.64. The lowest BCUT2D eigenvalue weighted by atomic mass is 10.0. The van der Waals surface area contributed by atoms with E-state index in [-0.39, 0.29) is 5.17 Å². The molecule has 4 aromatic rings. The Hall–Kier alpha value is -3.78. The number of nitrogens with zero attached hydrogens (tertiary/aromatic N) is 2. The van der Waals surface area contributed by atoms with Gasteiger partial charge >= 0.3 is 0 Å². The molecule has 7 nitrogen and oxygen atoms in total. The van der Waals surface area contributed by atoms with Gasteiger partial charge in [0.2, 0.25) is 0 Å². The third-order valence-corrected chi connectivity index (χ3v) is 6.41. The number of benzene rings is 2. The fraction of sp³-hybridized carbons (Fsp3) is 0.125. The zero-order valence-electron chi connectivity index (χ0n) is 17.2. The van der Waals surface area contributed by atoms with E-state index in [0.29, 0.717) is 17.8 Å². The van der Waals surface area contributed by atoms with Gasteiger partial charge in [0.05, 0.1) is 11.1 Å². The normalized spacial score (nSPS) is 14.0. The second-order valence-corrected chi connectivity index (χ2v) is 8.71. The number of amides is 2. The average molecular weight is 444 g/mol. The highest BCUT2D eigenvalue weighted by molar-refractivity contribution is 8.13. The third-order valence-electron chi connectivity index (χ3n) is 5.61. The van der Waals surface area contributed by atoms with Crippen molar-refractivity contribution in [2.75, 3.05) is 5.75 Å². The van der Waals surface area contributed by atoms with E-state index in [1.807, 2.05) is 67.0 Å². The lowest BCUT2D eigenvalue weighted by Crippen LogP contribution is -2.23. The van der Waals surface area contributed by atoms with Crippen molar-refractivity contribution in [1.29, 1.82) is 5.41 Å². The molecular formula is C24H21N5O2S. The fourth-order valence-corrected chi connectivity index (χ4v) is 4.74. The van der Waals surface area contributed by atoms with E-state index in [0.717, 1.165) is 39.5 Å². The Labute approximate surface area is 188 Å². The summed E-state index contributed by atoms with van der Waals surface area (Å²) in [6.45, 7) is 0.714. The van der Waals surface area contributed by atoms with Gasteiger partial charge in [0.1, 0.15) is 5.70 Å². The van der Waals surface area contributed by atoms with Crippen LogP contribution in [-0.2, 0) is 16.1 Å². The molecule has 2 aromatic heterocycles. The molecule has 8 heteroatoms. The van der Waals surface area contributed by atoms with Crippen LogP contribution < -0.4 is 11.1 Å². The standard InChI is InChI=1S/C24H21N5O2S/c25-24(26)32-13-5-11-28-14-17(16-7-2-4-9-19(16)28)20-21(23(31)27-22(20)30)29-12-10-15-6-1-3-8-18(15)29/h1-4,6-10,12,14H,5,11,13H2,(H3,25,26)(H,27,30,31). The van der Waals surface area contributed by atoms with Crippen LogP contribution in [0.5, 0.6) is 0 Å². The molecule has 0 saturated carbocycles. The van der Waals surface area contributed by atoms with Crippen molar-refractivity contribution in [1.82, 2.24) is 14.5 Å². The van der Waals surface area contributed by atoms with Crippen molar-refractivity contribution < 1.29 is 9.59 Å². The summed E-state index contributed by atoms with van der Waals surface area (Å²) in [5, 5.41) is 11.9. The molecule has 0 bridgehead atoms. The minimum atomic E-state index is -0.402. The van der Waals surface area contributed by atoms with E-state index in [2.05, 4.69) is 9.88 Å². The Morgan fingerprint density at radius 1 is 1.00 bits per heavy atom. The second kappa shape index (κ2) is 8.05. The maximum absolute atomic E-state index is 13.0. The summed E-state index contributed by atoms with van der Waals surface area (Å²) in [7, 11) is 0. The molecule has 2 aromatic carbocycles. The quantitative estimate of drug-likeness (QED) is 0.183. The van der Waals surface area contributed by atoms with Crippen LogP contribution >= 0.6 is 11.8 Å². The fourth-order valence-electron chi connectivity index (χ4n) is 4.25. The van der Waals surface area contributed by atoms with Gasteiger partial charge in [-0.2, -0.15) is 0 Å². The summed E-state index contributed by atoms with van der Waals surface area (Å²) in [6.07, 6.45) is 4.60. The highest BCUT2D eigenvalue weighted by Gasteiger charge is 2.34. The molecule has 1 aliphatic rings. The first-order valence-electron chi connectivity index (χ1n) is 10.3. The number of nitrogens with one attached hydrogen (secondary N) is 2. The third kappa shape index (κ3) is 3.38. The van der Waals surface area contributed by atoms with Crippen molar-refractivity contribution >= 4 is 61.8 Å². The van der Waals surface area contributed by atoms with Crippen LogP contribution in [0.25, 0.3) is 33.1 Å². The van der Waals surface area contributed by atoms with Crippen LogP contribution in [-0.4, -0.2) is 31.9 Å². The smallest absolute Gasteiger partial charge is 0.275 e. The van der Waals surface area contributed by atoms with Gasteiger partial charge < -0.3 is 14.9 Å². The molecule has 3 heterocycles. The minimum absolute atomic E-state index is 0.109. The lowest BCUT2D eigenvalue weighted by molar-refractivity contribution is -0.122. The van der Waals surface area contributed by atoms with Gasteiger partial charge in [0.25, 0.3) is 11.8 Å². The number of thioether (sulfide) groups is 1. The summed E-state index contributed by atoms with van der Waals surface area (Å²) in [4.78, 5) is 25.8. The van der Waals surface area contributed by atoms with E-state index < -0.39 is 11.8 Å². The predicted molar refractivity (Wildman–Crippen MR) is 129 cm³/mol. The van der Waals surface area contributed by atoms with Gasteiger partial charge in [-0.1, -0.05) is 48.2 Å². The molecule has 1 aliphatic heterocycles. The Morgan fingerprint density at radius 2 is 1.75 bits per heavy atom. The Kier molecular flexibility index (Phi) is 5.07. The molecule has 0 atom stereocenters. The number of hydrogen-bond acceptors (Lipinski definition) is 4. The van der Waals surface area contributed by atoms with E-state index in [1.54, 1.807) is 4.57 Å². The molecular weight excluding hydrogens is 422 g/mol. The lowest BCUT2D eigenvalue weighted by Gasteiger charge is -2.07. The summed E-state index contributed by atoms with van der Waals surface area (Å²) >= 11 is 1.31. The molecule has 4 N–H and O–H groups in total. The first-order chi connectivity index (χ1) is 15.5. The first-order valence-corrected chi connectivity index (χ1v) is 11.2. The van der Waals surface area contributed by atoms with Crippen LogP contribution in [0.15, 0.2) is 67.0 Å². The van der Waals surface area contributed by atoms with Gasteiger partial charge in [-0.3, -0.25) is 20.3 Å². The largest absolute Gasteiger partial charge is 0.379 e. The number of fused-ring (bicyclic) bond motifs is 2. The van der Waals surface area contributed by atoms with Gasteiger partial charge in [-0.15, -0.1) is 0 Å². The molecule has 0 saturated heterocycles. The van der Waals surface area contributed by atoms with Crippen LogP contribution in [0, 0.1) is 5.41 Å². The second-order valence-electron chi connectivity index (χ2n) is 7.57. The van der Waals surface area contributed by atoms with E-state index in [9.17, 15) is 9.59 Å². The number of imide groups is 1. The van der Waals surface area contributed by atoms with Crippen LogP contribution in [0.2, 0.25) is 0 Å². The summed E-state index contributed by atoms with van der Waals surface area (Å²) in [5.41, 5.74) is 8.75. The van der Waals surface area contributed by atoms with E-state index in [1.165, 1.54) is 11.8 Å². The number of rotatable bonds is 6. The zero-order valence-corrected chi connectivity index (χ0v) is 18.0. The van der Waals surface area contributed by atoms with Crippen LogP contribution in [0.3, 0.4) is 0 Å².